The Morgan fingerprint density at radius 1 is 1.25 bits per heavy atom. The summed E-state index contributed by atoms with van der Waals surface area (Å²) in [5.74, 6) is -1.61. The van der Waals surface area contributed by atoms with E-state index in [9.17, 15) is 28.4 Å². The molecule has 0 amide bonds. The summed E-state index contributed by atoms with van der Waals surface area (Å²) in [7, 11) is 3.06. The van der Waals surface area contributed by atoms with E-state index in [4.69, 9.17) is 5.73 Å². The smallest absolute Gasteiger partial charge is 0.353 e. The van der Waals surface area contributed by atoms with Crippen LogP contribution in [0.3, 0.4) is 0 Å². The number of hydrogen-bond acceptors (Lipinski definition) is 7. The Bertz CT molecular complexity index is 696. The Labute approximate surface area is 139 Å². The van der Waals surface area contributed by atoms with E-state index in [1.807, 2.05) is 21.1 Å². The Hall–Kier alpha value is -2.53. The summed E-state index contributed by atoms with van der Waals surface area (Å²) in [6.45, 7) is 0. The zero-order valence-corrected chi connectivity index (χ0v) is 14.6. The Morgan fingerprint density at radius 3 is 1.96 bits per heavy atom. The van der Waals surface area contributed by atoms with Crippen molar-refractivity contribution in [3.63, 3.8) is 0 Å². The average molecular weight is 360 g/mol. The number of aliphatic imine (C=N–C) groups is 1. The van der Waals surface area contributed by atoms with E-state index >= 15 is 0 Å². The number of nitro groups is 1. The van der Waals surface area contributed by atoms with Crippen molar-refractivity contribution in [1.82, 2.24) is 0 Å². The van der Waals surface area contributed by atoms with E-state index in [1.54, 1.807) is 7.05 Å². The molecule has 10 nitrogen and oxygen atoms in total. The summed E-state index contributed by atoms with van der Waals surface area (Å²) in [6, 6.07) is 6.32. The molecule has 0 aromatic heterocycles. The van der Waals surface area contributed by atoms with Crippen LogP contribution in [0.25, 0.3) is 0 Å². The third kappa shape index (κ3) is 5.93. The Kier molecular flexibility index (Phi) is 7.48. The van der Waals surface area contributed by atoms with Gasteiger partial charge >= 0.3 is 5.37 Å². The van der Waals surface area contributed by atoms with E-state index in [0.29, 0.717) is 10.4 Å². The highest BCUT2D eigenvalue weighted by Gasteiger charge is 2.38. The number of benzene rings is 1. The van der Waals surface area contributed by atoms with Gasteiger partial charge in [0, 0.05) is 12.0 Å². The molecule has 11 heteroatoms. The van der Waals surface area contributed by atoms with Crippen molar-refractivity contribution in [1.29, 1.82) is 0 Å². The number of nitrogens with two attached hydrogens (primary N) is 1. The lowest BCUT2D eigenvalue weighted by Crippen LogP contribution is -2.46. The zero-order chi connectivity index (χ0) is 19.1. The molecule has 1 unspecified atom stereocenters. The van der Waals surface area contributed by atoms with Crippen LogP contribution in [0, 0.1) is 10.1 Å². The number of sulfone groups is 1. The lowest BCUT2D eigenvalue weighted by molar-refractivity contribution is -0.778. The molecule has 0 aliphatic rings. The molecule has 134 valence electrons. The predicted molar refractivity (Wildman–Crippen MR) is 85.0 cm³/mol. The second kappa shape index (κ2) is 8.36. The van der Waals surface area contributed by atoms with Gasteiger partial charge in [-0.2, -0.15) is 0 Å². The van der Waals surface area contributed by atoms with Gasteiger partial charge in [0.15, 0.2) is 0 Å². The first kappa shape index (κ1) is 21.5. The minimum absolute atomic E-state index is 0.430. The van der Waals surface area contributed by atoms with E-state index < -0.39 is 31.0 Å². The van der Waals surface area contributed by atoms with Crippen molar-refractivity contribution >= 4 is 21.8 Å². The summed E-state index contributed by atoms with van der Waals surface area (Å²) >= 11 is 0. The molecule has 0 bridgehead atoms. The van der Waals surface area contributed by atoms with Crippen molar-refractivity contribution < 1.29 is 27.7 Å². The molecule has 0 aliphatic heterocycles. The van der Waals surface area contributed by atoms with Crippen molar-refractivity contribution in [2.45, 2.75) is 10.3 Å². The molecule has 0 aliphatic carbocycles. The second-order valence-corrected chi connectivity index (χ2v) is 7.42. The molecule has 1 rings (SSSR count). The molecule has 0 fully saturated rings. The summed E-state index contributed by atoms with van der Waals surface area (Å²) < 4.78 is 23.7. The van der Waals surface area contributed by atoms with E-state index in [-0.39, 0.29) is 0 Å². The van der Waals surface area contributed by atoms with Gasteiger partial charge in [0.25, 0.3) is 15.8 Å². The van der Waals surface area contributed by atoms with Gasteiger partial charge in [-0.05, 0) is 12.1 Å². The minimum Gasteiger partial charge on any atom is -0.542 e. The third-order valence-electron chi connectivity index (χ3n) is 2.68. The number of carboxylic acid groups (broad SMARTS) is 1. The highest BCUT2D eigenvalue weighted by molar-refractivity contribution is 7.92. The number of aliphatic carboxylic acids is 1. The highest BCUT2D eigenvalue weighted by Crippen LogP contribution is 2.15. The molecular formula is C13H20N4O6S. The van der Waals surface area contributed by atoms with Crippen molar-refractivity contribution in [2.75, 3.05) is 28.2 Å². The quantitative estimate of drug-likeness (QED) is 0.224. The van der Waals surface area contributed by atoms with Crippen LogP contribution in [-0.4, -0.2) is 63.3 Å². The van der Waals surface area contributed by atoms with E-state index in [1.165, 1.54) is 18.2 Å². The van der Waals surface area contributed by atoms with E-state index in [2.05, 4.69) is 4.99 Å². The van der Waals surface area contributed by atoms with Crippen LogP contribution in [0.2, 0.25) is 0 Å². The number of carbonyl (C=O) groups excluding carboxylic acids is 1. The second-order valence-electron chi connectivity index (χ2n) is 5.41. The van der Waals surface area contributed by atoms with Gasteiger partial charge < -0.3 is 15.6 Å². The number of carboxylic acids is 1. The molecule has 0 saturated carbocycles. The fraction of sp³-hybridized carbons (Fsp3) is 0.385. The van der Waals surface area contributed by atoms with E-state index in [0.717, 1.165) is 12.1 Å². The van der Waals surface area contributed by atoms with Crippen LogP contribution in [-0.2, 0) is 14.6 Å². The average Bonchev–Trinajstić information content (AvgIpc) is 2.45. The number of quaternary nitrogens is 1. The normalized spacial score (nSPS) is 13.4. The maximum absolute atomic E-state index is 11.6. The van der Waals surface area contributed by atoms with Crippen LogP contribution in [0.4, 0.5) is 0 Å². The molecule has 0 radical (unpaired) electrons. The lowest BCUT2D eigenvalue weighted by atomic mass is 10.4. The van der Waals surface area contributed by atoms with Gasteiger partial charge in [0.05, 0.1) is 26.0 Å². The maximum Gasteiger partial charge on any atom is 0.353 e. The zero-order valence-electron chi connectivity index (χ0n) is 13.7. The molecule has 24 heavy (non-hydrogen) atoms. The number of hydrogen-bond donors (Lipinski definition) is 1. The summed E-state index contributed by atoms with van der Waals surface area (Å²) in [6.07, 6.45) is 0. The van der Waals surface area contributed by atoms with Crippen LogP contribution < -0.4 is 10.8 Å². The summed E-state index contributed by atoms with van der Waals surface area (Å²) in [5, 5.41) is 18.0. The number of carbonyl (C=O) groups is 1. The predicted octanol–water partition coefficient (Wildman–Crippen LogP) is -1.55. The first-order valence-electron chi connectivity index (χ1n) is 6.53. The van der Waals surface area contributed by atoms with Crippen molar-refractivity contribution in [3.8, 4) is 0 Å². The van der Waals surface area contributed by atoms with Gasteiger partial charge in [-0.25, -0.2) is 13.4 Å². The van der Waals surface area contributed by atoms with Crippen LogP contribution in [0.5, 0.6) is 0 Å². The number of nitrogens with zero attached hydrogens (tertiary/aromatic N) is 3. The Balaban J connectivity index is 0.000000561. The SMILES string of the molecule is CN=C(N)[N+](C)(C)C.O=C([O-])C([N+](=O)[O-])S(=O)(=O)c1ccccc1. The fourth-order valence-electron chi connectivity index (χ4n) is 1.37. The van der Waals surface area contributed by atoms with Crippen LogP contribution in [0.15, 0.2) is 40.2 Å². The number of rotatable bonds is 4. The van der Waals surface area contributed by atoms with Crippen molar-refractivity contribution in [2.24, 2.45) is 10.7 Å². The molecule has 1 aromatic carbocycles. The van der Waals surface area contributed by atoms with Gasteiger partial charge in [0.1, 0.15) is 5.97 Å². The van der Waals surface area contributed by atoms with Crippen LogP contribution in [0.1, 0.15) is 0 Å². The fourth-order valence-corrected chi connectivity index (χ4v) is 2.64. The first-order valence-corrected chi connectivity index (χ1v) is 8.08. The molecule has 0 spiro atoms. The maximum atomic E-state index is 11.6. The van der Waals surface area contributed by atoms with Gasteiger partial charge in [-0.1, -0.05) is 18.2 Å². The van der Waals surface area contributed by atoms with Gasteiger partial charge in [-0.3, -0.25) is 14.6 Å². The third-order valence-corrected chi connectivity index (χ3v) is 4.56. The Morgan fingerprint density at radius 2 is 1.71 bits per heavy atom. The lowest BCUT2D eigenvalue weighted by Gasteiger charge is -2.20. The molecule has 0 saturated heterocycles. The molecular weight excluding hydrogens is 340 g/mol. The highest BCUT2D eigenvalue weighted by atomic mass is 32.2. The first-order chi connectivity index (χ1) is 10.9. The summed E-state index contributed by atoms with van der Waals surface area (Å²) in [4.78, 5) is 22.8. The van der Waals surface area contributed by atoms with Crippen LogP contribution >= 0.6 is 0 Å². The molecule has 1 atom stereocenters. The van der Waals surface area contributed by atoms with Gasteiger partial charge in [-0.15, -0.1) is 0 Å². The topological polar surface area (TPSA) is 156 Å². The standard InChI is InChI=1S/C8H7NO6S.C5H14N3/c10-8(11)7(9(12)13)16(14,15)6-4-2-1-3-5-6;1-7-5(6)8(2,3)4/h1-5,7H,(H,10,11);1-4H3,(H2,6,7)/q;+1/p-1. The monoisotopic (exact) mass is 360 g/mol. The van der Waals surface area contributed by atoms with Gasteiger partial charge in [0.2, 0.25) is 0 Å². The number of guanidine groups is 1. The molecule has 0 heterocycles. The minimum atomic E-state index is -4.56. The molecule has 1 aromatic rings. The summed E-state index contributed by atoms with van der Waals surface area (Å²) in [5.41, 5.74) is 5.47. The molecule has 2 N–H and O–H groups in total. The van der Waals surface area contributed by atoms with Crippen molar-refractivity contribution in [3.05, 3.63) is 40.4 Å². The largest absolute Gasteiger partial charge is 0.542 e.